The number of nitriles is 1. The van der Waals surface area contributed by atoms with Crippen molar-refractivity contribution in [2.24, 2.45) is 5.92 Å². The van der Waals surface area contributed by atoms with Crippen molar-refractivity contribution >= 4 is 0 Å². The predicted molar refractivity (Wildman–Crippen MR) is 58.3 cm³/mol. The molecule has 0 bridgehead atoms. The second-order valence-corrected chi connectivity index (χ2v) is 4.29. The Hall–Kier alpha value is -0.800. The topological polar surface area (TPSA) is 39.1 Å². The molecule has 17 heavy (non-hydrogen) atoms. The first-order valence-corrected chi connectivity index (χ1v) is 5.90. The minimum Gasteiger partial charge on any atom is -0.317 e. The second kappa shape index (κ2) is 6.22. The van der Waals surface area contributed by atoms with Crippen LogP contribution in [-0.2, 0) is 0 Å². The first-order valence-electron chi connectivity index (χ1n) is 5.90. The van der Waals surface area contributed by atoms with Crippen LogP contribution in [0.25, 0.3) is 0 Å². The fourth-order valence-electron chi connectivity index (χ4n) is 2.16. The first kappa shape index (κ1) is 14.3. The van der Waals surface area contributed by atoms with Crippen molar-refractivity contribution < 1.29 is 13.2 Å². The molecule has 0 aromatic heterocycles. The van der Waals surface area contributed by atoms with Crippen LogP contribution >= 0.6 is 0 Å². The number of rotatable bonds is 4. The van der Waals surface area contributed by atoms with Crippen molar-refractivity contribution in [3.8, 4) is 6.07 Å². The van der Waals surface area contributed by atoms with Gasteiger partial charge in [-0.05, 0) is 32.5 Å². The molecule has 0 radical (unpaired) electrons. The van der Waals surface area contributed by atoms with Crippen LogP contribution in [0.4, 0.5) is 13.2 Å². The van der Waals surface area contributed by atoms with Gasteiger partial charge >= 0.3 is 6.18 Å². The predicted octanol–water partition coefficient (Wildman–Crippen LogP) is 1.76. The quantitative estimate of drug-likeness (QED) is 0.825. The molecule has 1 unspecified atom stereocenters. The van der Waals surface area contributed by atoms with Crippen molar-refractivity contribution in [2.75, 3.05) is 26.2 Å². The van der Waals surface area contributed by atoms with Crippen molar-refractivity contribution in [1.82, 2.24) is 10.2 Å². The first-order chi connectivity index (χ1) is 7.99. The summed E-state index contributed by atoms with van der Waals surface area (Å²) in [7, 11) is 0. The summed E-state index contributed by atoms with van der Waals surface area (Å²) in [5, 5.41) is 11.8. The smallest absolute Gasteiger partial charge is 0.317 e. The molecule has 1 N–H and O–H groups in total. The third-order valence-corrected chi connectivity index (χ3v) is 3.20. The second-order valence-electron chi connectivity index (χ2n) is 4.29. The number of hydrogen-bond acceptors (Lipinski definition) is 3. The molecular formula is C11H18F3N3. The van der Waals surface area contributed by atoms with Crippen LogP contribution in [0.3, 0.4) is 0 Å². The lowest BCUT2D eigenvalue weighted by Crippen LogP contribution is -2.46. The van der Waals surface area contributed by atoms with E-state index < -0.39 is 12.1 Å². The van der Waals surface area contributed by atoms with Crippen molar-refractivity contribution in [3.05, 3.63) is 0 Å². The molecule has 1 atom stereocenters. The molecule has 1 rings (SSSR count). The zero-order valence-corrected chi connectivity index (χ0v) is 9.93. The van der Waals surface area contributed by atoms with Gasteiger partial charge in [-0.15, -0.1) is 0 Å². The summed E-state index contributed by atoms with van der Waals surface area (Å²) < 4.78 is 37.6. The van der Waals surface area contributed by atoms with Crippen LogP contribution in [0.1, 0.15) is 19.8 Å². The SMILES string of the molecule is CCN(CC(C#N)C(F)(F)F)C1CCNCC1. The average molecular weight is 249 g/mol. The number of piperidine rings is 1. The highest BCUT2D eigenvalue weighted by Gasteiger charge is 2.41. The molecule has 1 aliphatic rings. The zero-order chi connectivity index (χ0) is 12.9. The van der Waals surface area contributed by atoms with Gasteiger partial charge in [-0.25, -0.2) is 0 Å². The van der Waals surface area contributed by atoms with Crippen LogP contribution in [0, 0.1) is 17.2 Å². The number of nitrogens with one attached hydrogen (secondary N) is 1. The van der Waals surface area contributed by atoms with Gasteiger partial charge in [0.1, 0.15) is 0 Å². The van der Waals surface area contributed by atoms with Crippen molar-refractivity contribution in [2.45, 2.75) is 32.0 Å². The molecule has 0 amide bonds. The summed E-state index contributed by atoms with van der Waals surface area (Å²) in [6.07, 6.45) is -2.72. The van der Waals surface area contributed by atoms with Gasteiger partial charge in [-0.1, -0.05) is 6.92 Å². The van der Waals surface area contributed by atoms with E-state index in [0.29, 0.717) is 6.54 Å². The van der Waals surface area contributed by atoms with E-state index in [0.717, 1.165) is 25.9 Å². The fraction of sp³-hybridized carbons (Fsp3) is 0.909. The third-order valence-electron chi connectivity index (χ3n) is 3.20. The molecular weight excluding hydrogens is 231 g/mol. The van der Waals surface area contributed by atoms with E-state index in [4.69, 9.17) is 5.26 Å². The van der Waals surface area contributed by atoms with Gasteiger partial charge in [0, 0.05) is 12.6 Å². The molecule has 6 heteroatoms. The van der Waals surface area contributed by atoms with Crippen LogP contribution in [0.5, 0.6) is 0 Å². The van der Waals surface area contributed by atoms with Crippen LogP contribution in [0.2, 0.25) is 0 Å². The molecule has 3 nitrogen and oxygen atoms in total. The van der Waals surface area contributed by atoms with E-state index in [1.165, 1.54) is 6.07 Å². The number of nitrogens with zero attached hydrogens (tertiary/aromatic N) is 2. The van der Waals surface area contributed by atoms with Gasteiger partial charge < -0.3 is 5.32 Å². The normalized spacial score (nSPS) is 20.2. The Kier molecular flexibility index (Phi) is 5.22. The molecule has 0 saturated carbocycles. The molecule has 1 aliphatic heterocycles. The Morgan fingerprint density at radius 3 is 2.41 bits per heavy atom. The molecule has 0 spiro atoms. The van der Waals surface area contributed by atoms with E-state index in [-0.39, 0.29) is 12.6 Å². The Morgan fingerprint density at radius 2 is 2.00 bits per heavy atom. The Morgan fingerprint density at radius 1 is 1.41 bits per heavy atom. The summed E-state index contributed by atoms with van der Waals surface area (Å²) in [6, 6.07) is 1.53. The van der Waals surface area contributed by atoms with Crippen molar-refractivity contribution in [1.29, 1.82) is 5.26 Å². The molecule has 1 heterocycles. The minimum absolute atomic E-state index is 0.166. The summed E-state index contributed by atoms with van der Waals surface area (Å²) in [5.41, 5.74) is 0. The van der Waals surface area contributed by atoms with Gasteiger partial charge in [-0.3, -0.25) is 4.90 Å². The van der Waals surface area contributed by atoms with Crippen LogP contribution in [-0.4, -0.2) is 43.3 Å². The number of alkyl halides is 3. The summed E-state index contributed by atoms with van der Waals surface area (Å²) >= 11 is 0. The molecule has 0 aromatic rings. The lowest BCUT2D eigenvalue weighted by molar-refractivity contribution is -0.164. The maximum Gasteiger partial charge on any atom is 0.405 e. The standard InChI is InChI=1S/C11H18F3N3/c1-2-17(10-3-5-16-6-4-10)8-9(7-15)11(12,13)14/h9-10,16H,2-6,8H2,1H3. The monoisotopic (exact) mass is 249 g/mol. The Bertz CT molecular complexity index is 266. The van der Waals surface area contributed by atoms with Crippen LogP contribution in [0.15, 0.2) is 0 Å². The average Bonchev–Trinajstić information content (AvgIpc) is 2.30. The van der Waals surface area contributed by atoms with E-state index >= 15 is 0 Å². The number of hydrogen-bond donors (Lipinski definition) is 1. The van der Waals surface area contributed by atoms with Gasteiger partial charge in [0.2, 0.25) is 0 Å². The Balaban J connectivity index is 2.58. The molecule has 0 aromatic carbocycles. The Labute approximate surface area is 99.6 Å². The summed E-state index contributed by atoms with van der Waals surface area (Å²) in [4.78, 5) is 1.78. The highest BCUT2D eigenvalue weighted by atomic mass is 19.4. The van der Waals surface area contributed by atoms with E-state index in [9.17, 15) is 13.2 Å². The zero-order valence-electron chi connectivity index (χ0n) is 9.93. The van der Waals surface area contributed by atoms with Crippen molar-refractivity contribution in [3.63, 3.8) is 0 Å². The fourth-order valence-corrected chi connectivity index (χ4v) is 2.16. The maximum absolute atomic E-state index is 12.5. The van der Waals surface area contributed by atoms with Gasteiger partial charge in [-0.2, -0.15) is 18.4 Å². The van der Waals surface area contributed by atoms with E-state index in [2.05, 4.69) is 5.32 Å². The van der Waals surface area contributed by atoms with Crippen LogP contribution < -0.4 is 5.32 Å². The summed E-state index contributed by atoms with van der Waals surface area (Å²) in [5.74, 6) is -1.88. The van der Waals surface area contributed by atoms with E-state index in [1.807, 2.05) is 6.92 Å². The molecule has 0 aliphatic carbocycles. The molecule has 1 saturated heterocycles. The lowest BCUT2D eigenvalue weighted by Gasteiger charge is -2.35. The van der Waals surface area contributed by atoms with Gasteiger partial charge in [0.25, 0.3) is 0 Å². The largest absolute Gasteiger partial charge is 0.405 e. The highest BCUT2D eigenvalue weighted by Crippen LogP contribution is 2.27. The minimum atomic E-state index is -4.42. The maximum atomic E-state index is 12.5. The van der Waals surface area contributed by atoms with Gasteiger partial charge in [0.15, 0.2) is 5.92 Å². The molecule has 98 valence electrons. The molecule has 1 fully saturated rings. The third kappa shape index (κ3) is 4.17. The summed E-state index contributed by atoms with van der Waals surface area (Å²) in [6.45, 7) is 3.86. The van der Waals surface area contributed by atoms with Gasteiger partial charge in [0.05, 0.1) is 6.07 Å². The highest BCUT2D eigenvalue weighted by molar-refractivity contribution is 4.92. The van der Waals surface area contributed by atoms with E-state index in [1.54, 1.807) is 4.90 Å². The number of halogens is 3. The lowest BCUT2D eigenvalue weighted by atomic mass is 10.0.